The predicted molar refractivity (Wildman–Crippen MR) is 51.2 cm³/mol. The molecule has 0 spiro atoms. The first-order chi connectivity index (χ1) is 6.93. The van der Waals surface area contributed by atoms with Crippen LogP contribution in [0.3, 0.4) is 0 Å². The van der Waals surface area contributed by atoms with E-state index in [0.29, 0.717) is 4.90 Å². The zero-order valence-electron chi connectivity index (χ0n) is 7.34. The molecule has 1 aromatic carbocycles. The minimum absolute atomic E-state index is 0.0788. The monoisotopic (exact) mass is 236 g/mol. The van der Waals surface area contributed by atoms with E-state index in [-0.39, 0.29) is 5.69 Å². The average molecular weight is 236 g/mol. The number of halogens is 3. The molecule has 0 heterocycles. The first-order valence-corrected chi connectivity index (χ1v) is 4.66. The van der Waals surface area contributed by atoms with Crippen LogP contribution in [0.25, 0.3) is 0 Å². The quantitative estimate of drug-likeness (QED) is 0.773. The maximum atomic E-state index is 11.8. The number of nitrogens with two attached hydrogens (primary N) is 1. The summed E-state index contributed by atoms with van der Waals surface area (Å²) in [6.07, 6.45) is -4.87. The number of hydrogen-bond donors (Lipinski definition) is 2. The SMILES string of the molecule is NSc1ccc(NC(=O)C(F)(F)F)cc1. The molecule has 0 saturated carbocycles. The van der Waals surface area contributed by atoms with E-state index < -0.39 is 12.1 Å². The summed E-state index contributed by atoms with van der Waals surface area (Å²) in [6.45, 7) is 0. The van der Waals surface area contributed by atoms with E-state index >= 15 is 0 Å². The highest BCUT2D eigenvalue weighted by molar-refractivity contribution is 7.97. The van der Waals surface area contributed by atoms with Crippen molar-refractivity contribution in [3.63, 3.8) is 0 Å². The Kier molecular flexibility index (Phi) is 3.59. The zero-order valence-corrected chi connectivity index (χ0v) is 8.15. The summed E-state index contributed by atoms with van der Waals surface area (Å²) in [7, 11) is 0. The third-order valence-electron chi connectivity index (χ3n) is 1.51. The third-order valence-corrected chi connectivity index (χ3v) is 2.05. The van der Waals surface area contributed by atoms with Gasteiger partial charge in [-0.3, -0.25) is 9.93 Å². The van der Waals surface area contributed by atoms with Gasteiger partial charge in [0.1, 0.15) is 0 Å². The topological polar surface area (TPSA) is 55.1 Å². The molecule has 15 heavy (non-hydrogen) atoms. The van der Waals surface area contributed by atoms with Gasteiger partial charge in [0.2, 0.25) is 0 Å². The van der Waals surface area contributed by atoms with Gasteiger partial charge in [-0.15, -0.1) is 0 Å². The Balaban J connectivity index is 2.70. The highest BCUT2D eigenvalue weighted by Gasteiger charge is 2.38. The molecule has 1 amide bonds. The Morgan fingerprint density at radius 2 is 1.80 bits per heavy atom. The van der Waals surface area contributed by atoms with Crippen molar-refractivity contribution in [1.82, 2.24) is 0 Å². The van der Waals surface area contributed by atoms with Crippen molar-refractivity contribution in [3.05, 3.63) is 24.3 Å². The van der Waals surface area contributed by atoms with Crippen molar-refractivity contribution in [3.8, 4) is 0 Å². The molecule has 0 unspecified atom stereocenters. The molecule has 1 aromatic rings. The Bertz CT molecular complexity index is 350. The molecule has 0 aliphatic heterocycles. The van der Waals surface area contributed by atoms with Gasteiger partial charge in [-0.1, -0.05) is 0 Å². The Hall–Kier alpha value is -1.21. The number of hydrogen-bond acceptors (Lipinski definition) is 3. The first-order valence-electron chi connectivity index (χ1n) is 3.78. The van der Waals surface area contributed by atoms with Gasteiger partial charge in [0.05, 0.1) is 0 Å². The Labute approximate surface area is 88.0 Å². The summed E-state index contributed by atoms with van der Waals surface area (Å²) in [5, 5.41) is 6.94. The molecule has 0 atom stereocenters. The number of amides is 1. The van der Waals surface area contributed by atoms with Gasteiger partial charge in [0.15, 0.2) is 0 Å². The van der Waals surface area contributed by atoms with Crippen LogP contribution in [-0.2, 0) is 4.79 Å². The number of carbonyl (C=O) groups is 1. The molecular weight excluding hydrogens is 229 g/mol. The Morgan fingerprint density at radius 3 is 2.20 bits per heavy atom. The molecule has 0 saturated heterocycles. The Morgan fingerprint density at radius 1 is 1.27 bits per heavy atom. The van der Waals surface area contributed by atoms with Crippen molar-refractivity contribution < 1.29 is 18.0 Å². The van der Waals surface area contributed by atoms with Crippen molar-refractivity contribution in [2.75, 3.05) is 5.32 Å². The molecule has 7 heteroatoms. The van der Waals surface area contributed by atoms with E-state index in [1.54, 1.807) is 5.32 Å². The molecule has 0 bridgehead atoms. The van der Waals surface area contributed by atoms with Gasteiger partial charge in [0.25, 0.3) is 0 Å². The summed E-state index contributed by atoms with van der Waals surface area (Å²) < 4.78 is 35.5. The normalized spacial score (nSPS) is 11.2. The van der Waals surface area contributed by atoms with Crippen LogP contribution in [0, 0.1) is 0 Å². The molecule has 3 nitrogen and oxygen atoms in total. The maximum Gasteiger partial charge on any atom is 0.471 e. The number of alkyl halides is 3. The van der Waals surface area contributed by atoms with E-state index in [1.807, 2.05) is 0 Å². The summed E-state index contributed by atoms with van der Waals surface area (Å²) in [6, 6.07) is 5.71. The number of rotatable bonds is 2. The molecule has 0 aromatic heterocycles. The highest BCUT2D eigenvalue weighted by atomic mass is 32.2. The van der Waals surface area contributed by atoms with Gasteiger partial charge >= 0.3 is 12.1 Å². The maximum absolute atomic E-state index is 11.8. The van der Waals surface area contributed by atoms with Crippen LogP contribution in [0.1, 0.15) is 0 Å². The van der Waals surface area contributed by atoms with Crippen LogP contribution < -0.4 is 10.5 Å². The molecule has 0 radical (unpaired) electrons. The van der Waals surface area contributed by atoms with Crippen LogP contribution in [0.4, 0.5) is 18.9 Å². The lowest BCUT2D eigenvalue weighted by Gasteiger charge is -2.07. The fourth-order valence-electron chi connectivity index (χ4n) is 0.819. The summed E-state index contributed by atoms with van der Waals surface area (Å²) in [4.78, 5) is 11.2. The molecule has 1 rings (SSSR count). The van der Waals surface area contributed by atoms with E-state index in [4.69, 9.17) is 5.14 Å². The molecule has 82 valence electrons. The first kappa shape index (κ1) is 11.9. The van der Waals surface area contributed by atoms with Gasteiger partial charge < -0.3 is 5.32 Å². The number of anilines is 1. The fraction of sp³-hybridized carbons (Fsp3) is 0.125. The van der Waals surface area contributed by atoms with E-state index in [0.717, 1.165) is 11.9 Å². The standard InChI is InChI=1S/C8H7F3N2OS/c9-8(10,11)7(14)13-5-1-3-6(15-12)4-2-5/h1-4H,12H2,(H,13,14). The second-order valence-electron chi connectivity index (χ2n) is 2.59. The van der Waals surface area contributed by atoms with Gasteiger partial charge in [-0.2, -0.15) is 13.2 Å². The minimum atomic E-state index is -4.87. The fourth-order valence-corrected chi connectivity index (χ4v) is 1.11. The average Bonchev–Trinajstić information content (AvgIpc) is 2.17. The third kappa shape index (κ3) is 3.45. The molecule has 0 aliphatic rings. The van der Waals surface area contributed by atoms with Crippen LogP contribution in [0.5, 0.6) is 0 Å². The van der Waals surface area contributed by atoms with Crippen molar-refractivity contribution >= 4 is 23.5 Å². The summed E-state index contributed by atoms with van der Waals surface area (Å²) in [5.74, 6) is -1.99. The van der Waals surface area contributed by atoms with Gasteiger partial charge in [-0.25, -0.2) is 0 Å². The van der Waals surface area contributed by atoms with Crippen LogP contribution in [-0.4, -0.2) is 12.1 Å². The minimum Gasteiger partial charge on any atom is -0.318 e. The second kappa shape index (κ2) is 4.54. The summed E-state index contributed by atoms with van der Waals surface area (Å²) in [5.41, 5.74) is 0.0788. The zero-order chi connectivity index (χ0) is 11.5. The highest BCUT2D eigenvalue weighted by Crippen LogP contribution is 2.20. The molecule has 3 N–H and O–H groups in total. The lowest BCUT2D eigenvalue weighted by molar-refractivity contribution is -0.167. The van der Waals surface area contributed by atoms with Gasteiger partial charge in [0, 0.05) is 10.6 Å². The van der Waals surface area contributed by atoms with E-state index in [9.17, 15) is 18.0 Å². The van der Waals surface area contributed by atoms with Crippen molar-refractivity contribution in [2.24, 2.45) is 5.14 Å². The van der Waals surface area contributed by atoms with Crippen LogP contribution in [0.2, 0.25) is 0 Å². The van der Waals surface area contributed by atoms with Crippen LogP contribution >= 0.6 is 11.9 Å². The van der Waals surface area contributed by atoms with Crippen molar-refractivity contribution in [2.45, 2.75) is 11.1 Å². The largest absolute Gasteiger partial charge is 0.471 e. The second-order valence-corrected chi connectivity index (χ2v) is 3.30. The number of benzene rings is 1. The molecular formula is C8H7F3N2OS. The lowest BCUT2D eigenvalue weighted by Crippen LogP contribution is -2.29. The van der Waals surface area contributed by atoms with E-state index in [2.05, 4.69) is 0 Å². The lowest BCUT2D eigenvalue weighted by atomic mass is 10.3. The number of carbonyl (C=O) groups excluding carboxylic acids is 1. The smallest absolute Gasteiger partial charge is 0.318 e. The summed E-state index contributed by atoms with van der Waals surface area (Å²) >= 11 is 0.967. The van der Waals surface area contributed by atoms with Crippen molar-refractivity contribution in [1.29, 1.82) is 0 Å². The molecule has 0 fully saturated rings. The van der Waals surface area contributed by atoms with E-state index in [1.165, 1.54) is 24.3 Å². The number of nitrogens with one attached hydrogen (secondary N) is 1. The van der Waals surface area contributed by atoms with Crippen LogP contribution in [0.15, 0.2) is 29.2 Å². The molecule has 0 aliphatic carbocycles. The van der Waals surface area contributed by atoms with Gasteiger partial charge in [-0.05, 0) is 36.2 Å². The predicted octanol–water partition coefficient (Wildman–Crippen LogP) is 2.15.